The van der Waals surface area contributed by atoms with Gasteiger partial charge in [-0.05, 0) is 24.3 Å². The van der Waals surface area contributed by atoms with Crippen molar-refractivity contribution in [2.24, 2.45) is 0 Å². The number of hydrogen-bond donors (Lipinski definition) is 1. The van der Waals surface area contributed by atoms with E-state index in [1.165, 1.54) is 18.2 Å². The van der Waals surface area contributed by atoms with Gasteiger partial charge in [0.2, 0.25) is 5.91 Å². The van der Waals surface area contributed by atoms with Crippen molar-refractivity contribution in [1.82, 2.24) is 4.90 Å². The molecule has 0 aromatic heterocycles. The molecule has 0 bridgehead atoms. The van der Waals surface area contributed by atoms with Crippen LogP contribution in [0.5, 0.6) is 0 Å². The molecular weight excluding hydrogens is 356 g/mol. The van der Waals surface area contributed by atoms with Gasteiger partial charge in [-0.1, -0.05) is 18.2 Å². The zero-order chi connectivity index (χ0) is 19.1. The molecule has 0 saturated heterocycles. The van der Waals surface area contributed by atoms with Crippen LogP contribution in [-0.2, 0) is 11.0 Å². The fourth-order valence-electron chi connectivity index (χ4n) is 2.61. The lowest BCUT2D eigenvalue weighted by Gasteiger charge is -2.16. The number of benzene rings is 2. The lowest BCUT2D eigenvalue weighted by molar-refractivity contribution is -0.137. The second-order valence-corrected chi connectivity index (χ2v) is 5.45. The number of carbonyl (C=O) groups excluding carboxylic acids is 3. The third-order valence-corrected chi connectivity index (χ3v) is 3.76. The van der Waals surface area contributed by atoms with Gasteiger partial charge in [-0.25, -0.2) is 4.39 Å². The van der Waals surface area contributed by atoms with Crippen LogP contribution >= 0.6 is 0 Å². The maximum absolute atomic E-state index is 13.7. The maximum atomic E-state index is 13.7. The topological polar surface area (TPSA) is 66.5 Å². The molecule has 2 aromatic carbocycles. The Labute approximate surface area is 144 Å². The predicted octanol–water partition coefficient (Wildman–Crippen LogP) is 3.08. The van der Waals surface area contributed by atoms with E-state index in [2.05, 4.69) is 0 Å². The number of nitrogens with one attached hydrogen (secondary N) is 1. The van der Waals surface area contributed by atoms with Gasteiger partial charge in [0.15, 0.2) is 0 Å². The van der Waals surface area contributed by atoms with Crippen molar-refractivity contribution >= 4 is 23.4 Å². The summed E-state index contributed by atoms with van der Waals surface area (Å²) in [7, 11) is 0. The number of amides is 3. The number of alkyl halides is 3. The second-order valence-electron chi connectivity index (χ2n) is 5.45. The Morgan fingerprint density at radius 3 is 2.35 bits per heavy atom. The SMILES string of the molecule is O=C(CN1C(=O)c2cccc(F)c2C1=O)Nc1ccccc1C(F)(F)F. The summed E-state index contributed by atoms with van der Waals surface area (Å²) in [6, 6.07) is 7.74. The Kier molecular flexibility index (Phi) is 4.23. The molecule has 0 fully saturated rings. The quantitative estimate of drug-likeness (QED) is 0.671. The molecule has 3 amide bonds. The molecule has 1 aliphatic rings. The average molecular weight is 366 g/mol. The minimum atomic E-state index is -4.69. The molecule has 0 aliphatic carbocycles. The minimum Gasteiger partial charge on any atom is -0.324 e. The van der Waals surface area contributed by atoms with E-state index in [1.54, 1.807) is 0 Å². The van der Waals surface area contributed by atoms with Gasteiger partial charge in [0.05, 0.1) is 22.4 Å². The minimum absolute atomic E-state index is 0.196. The van der Waals surface area contributed by atoms with Crippen LogP contribution in [0.1, 0.15) is 26.3 Å². The first-order valence-corrected chi connectivity index (χ1v) is 7.31. The fourth-order valence-corrected chi connectivity index (χ4v) is 2.61. The highest BCUT2D eigenvalue weighted by Gasteiger charge is 2.39. The molecule has 0 radical (unpaired) electrons. The van der Waals surface area contributed by atoms with Gasteiger partial charge in [-0.3, -0.25) is 19.3 Å². The number of nitrogens with zero attached hydrogens (tertiary/aromatic N) is 1. The number of halogens is 4. The van der Waals surface area contributed by atoms with Crippen LogP contribution in [0.3, 0.4) is 0 Å². The highest BCUT2D eigenvalue weighted by molar-refractivity contribution is 6.22. The standard InChI is InChI=1S/C17H10F4N2O3/c18-11-6-3-4-9-14(11)16(26)23(15(9)25)8-13(24)22-12-7-2-1-5-10(12)17(19,20)21/h1-7H,8H2,(H,22,24). The first kappa shape index (κ1) is 17.6. The Hall–Kier alpha value is -3.23. The maximum Gasteiger partial charge on any atom is 0.418 e. The Bertz CT molecular complexity index is 924. The van der Waals surface area contributed by atoms with Crippen molar-refractivity contribution in [2.45, 2.75) is 6.18 Å². The zero-order valence-corrected chi connectivity index (χ0v) is 12.9. The highest BCUT2D eigenvalue weighted by atomic mass is 19.4. The number of imide groups is 1. The van der Waals surface area contributed by atoms with E-state index in [1.807, 2.05) is 5.32 Å². The number of carbonyl (C=O) groups is 3. The number of anilines is 1. The first-order valence-electron chi connectivity index (χ1n) is 7.31. The van der Waals surface area contributed by atoms with Crippen molar-refractivity contribution in [1.29, 1.82) is 0 Å². The molecule has 2 aromatic rings. The van der Waals surface area contributed by atoms with Crippen molar-refractivity contribution < 1.29 is 31.9 Å². The van der Waals surface area contributed by atoms with Crippen molar-refractivity contribution in [2.75, 3.05) is 11.9 Å². The van der Waals surface area contributed by atoms with Crippen LogP contribution in [-0.4, -0.2) is 29.2 Å². The predicted molar refractivity (Wildman–Crippen MR) is 81.8 cm³/mol. The molecule has 0 spiro atoms. The van der Waals surface area contributed by atoms with Gasteiger partial charge in [0.1, 0.15) is 12.4 Å². The monoisotopic (exact) mass is 366 g/mol. The van der Waals surface area contributed by atoms with E-state index in [0.29, 0.717) is 4.90 Å². The summed E-state index contributed by atoms with van der Waals surface area (Å²) in [6.45, 7) is -0.835. The van der Waals surface area contributed by atoms with Gasteiger partial charge in [0, 0.05) is 0 Å². The molecule has 1 aliphatic heterocycles. The van der Waals surface area contributed by atoms with Crippen LogP contribution in [0.15, 0.2) is 42.5 Å². The molecule has 1 heterocycles. The molecule has 134 valence electrons. The average Bonchev–Trinajstić information content (AvgIpc) is 2.80. The molecule has 3 rings (SSSR count). The van der Waals surface area contributed by atoms with Crippen molar-refractivity contribution in [3.8, 4) is 0 Å². The normalized spacial score (nSPS) is 13.8. The van der Waals surface area contributed by atoms with Crippen LogP contribution in [0.25, 0.3) is 0 Å². The third kappa shape index (κ3) is 3.03. The van der Waals surface area contributed by atoms with Crippen LogP contribution in [0, 0.1) is 5.82 Å². The summed E-state index contributed by atoms with van der Waals surface area (Å²) >= 11 is 0. The summed E-state index contributed by atoms with van der Waals surface area (Å²) in [5, 5.41) is 2.03. The van der Waals surface area contributed by atoms with Crippen molar-refractivity contribution in [3.05, 3.63) is 65.0 Å². The van der Waals surface area contributed by atoms with Crippen LogP contribution < -0.4 is 5.32 Å². The van der Waals surface area contributed by atoms with E-state index in [0.717, 1.165) is 24.3 Å². The number of hydrogen-bond acceptors (Lipinski definition) is 3. The molecule has 1 N–H and O–H groups in total. The largest absolute Gasteiger partial charge is 0.418 e. The zero-order valence-electron chi connectivity index (χ0n) is 12.9. The molecular formula is C17H10F4N2O3. The number of para-hydroxylation sites is 1. The molecule has 0 unspecified atom stereocenters. The lowest BCUT2D eigenvalue weighted by atomic mass is 10.1. The van der Waals surface area contributed by atoms with E-state index < -0.39 is 53.1 Å². The summed E-state index contributed by atoms with van der Waals surface area (Å²) in [4.78, 5) is 36.8. The summed E-state index contributed by atoms with van der Waals surface area (Å²) < 4.78 is 52.6. The molecule has 9 heteroatoms. The molecule has 5 nitrogen and oxygen atoms in total. The van der Waals surface area contributed by atoms with E-state index in [-0.39, 0.29) is 5.56 Å². The van der Waals surface area contributed by atoms with E-state index in [4.69, 9.17) is 0 Å². The van der Waals surface area contributed by atoms with E-state index >= 15 is 0 Å². The van der Waals surface area contributed by atoms with Crippen LogP contribution in [0.4, 0.5) is 23.2 Å². The smallest absolute Gasteiger partial charge is 0.324 e. The summed E-state index contributed by atoms with van der Waals surface area (Å²) in [6.07, 6.45) is -4.69. The molecule has 0 atom stereocenters. The third-order valence-electron chi connectivity index (χ3n) is 3.76. The molecule has 26 heavy (non-hydrogen) atoms. The van der Waals surface area contributed by atoms with E-state index in [9.17, 15) is 31.9 Å². The highest BCUT2D eigenvalue weighted by Crippen LogP contribution is 2.34. The second kappa shape index (κ2) is 6.25. The van der Waals surface area contributed by atoms with Gasteiger partial charge >= 0.3 is 6.18 Å². The molecule has 0 saturated carbocycles. The van der Waals surface area contributed by atoms with Crippen molar-refractivity contribution in [3.63, 3.8) is 0 Å². The first-order chi connectivity index (χ1) is 12.2. The van der Waals surface area contributed by atoms with Gasteiger partial charge in [-0.15, -0.1) is 0 Å². The Morgan fingerprint density at radius 2 is 1.69 bits per heavy atom. The lowest BCUT2D eigenvalue weighted by Crippen LogP contribution is -2.37. The van der Waals surface area contributed by atoms with Crippen LogP contribution in [0.2, 0.25) is 0 Å². The number of fused-ring (bicyclic) bond motifs is 1. The van der Waals surface area contributed by atoms with Gasteiger partial charge in [0.25, 0.3) is 11.8 Å². The number of rotatable bonds is 3. The fraction of sp³-hybridized carbons (Fsp3) is 0.118. The van der Waals surface area contributed by atoms with Gasteiger partial charge in [-0.2, -0.15) is 13.2 Å². The Balaban J connectivity index is 1.80. The summed E-state index contributed by atoms with van der Waals surface area (Å²) in [5.74, 6) is -3.83. The Morgan fingerprint density at radius 1 is 1.00 bits per heavy atom. The van der Waals surface area contributed by atoms with Gasteiger partial charge < -0.3 is 5.32 Å². The summed E-state index contributed by atoms with van der Waals surface area (Å²) in [5.41, 5.74) is -2.23.